The van der Waals surface area contributed by atoms with Gasteiger partial charge in [0.25, 0.3) is 0 Å². The number of sulfonamides is 1. The van der Waals surface area contributed by atoms with Crippen molar-refractivity contribution >= 4 is 27.7 Å². The SMILES string of the molecule is NS(=O)(=O)CCNC(=O)Oc1ccc(Cl)cc1. The number of primary sulfonamides is 1. The monoisotopic (exact) mass is 278 g/mol. The molecule has 1 aromatic rings. The molecule has 0 heterocycles. The molecule has 0 aliphatic carbocycles. The van der Waals surface area contributed by atoms with Crippen molar-refractivity contribution in [1.82, 2.24) is 5.32 Å². The molecular weight excluding hydrogens is 268 g/mol. The van der Waals surface area contributed by atoms with E-state index in [0.29, 0.717) is 10.8 Å². The van der Waals surface area contributed by atoms with Crippen LogP contribution in [0.1, 0.15) is 0 Å². The maximum atomic E-state index is 11.2. The molecule has 1 rings (SSSR count). The van der Waals surface area contributed by atoms with Gasteiger partial charge in [0.15, 0.2) is 0 Å². The molecule has 94 valence electrons. The minimum atomic E-state index is -3.59. The quantitative estimate of drug-likeness (QED) is 0.847. The Morgan fingerprint density at radius 1 is 1.35 bits per heavy atom. The molecule has 0 aromatic heterocycles. The molecule has 1 aromatic carbocycles. The predicted octanol–water partition coefficient (Wildman–Crippen LogP) is 0.717. The summed E-state index contributed by atoms with van der Waals surface area (Å²) in [6, 6.07) is 6.16. The largest absolute Gasteiger partial charge is 0.412 e. The molecule has 0 saturated carbocycles. The average Bonchev–Trinajstić information content (AvgIpc) is 2.19. The molecular formula is C9H11ClN2O4S. The summed E-state index contributed by atoms with van der Waals surface area (Å²) in [5.41, 5.74) is 0. The lowest BCUT2D eigenvalue weighted by Crippen LogP contribution is -2.33. The number of carbonyl (C=O) groups is 1. The van der Waals surface area contributed by atoms with Crippen LogP contribution >= 0.6 is 11.6 Å². The highest BCUT2D eigenvalue weighted by Crippen LogP contribution is 2.15. The normalized spacial score (nSPS) is 10.9. The van der Waals surface area contributed by atoms with Crippen LogP contribution in [0.2, 0.25) is 5.02 Å². The van der Waals surface area contributed by atoms with E-state index >= 15 is 0 Å². The minimum Gasteiger partial charge on any atom is -0.410 e. The van der Waals surface area contributed by atoms with E-state index in [0.717, 1.165) is 0 Å². The number of nitrogens with two attached hydrogens (primary N) is 1. The van der Waals surface area contributed by atoms with Gasteiger partial charge in [0, 0.05) is 11.6 Å². The number of hydrogen-bond donors (Lipinski definition) is 2. The molecule has 17 heavy (non-hydrogen) atoms. The summed E-state index contributed by atoms with van der Waals surface area (Å²) < 4.78 is 26.0. The Kier molecular flexibility index (Phi) is 4.73. The Morgan fingerprint density at radius 3 is 2.47 bits per heavy atom. The van der Waals surface area contributed by atoms with Gasteiger partial charge in [0.05, 0.1) is 5.75 Å². The van der Waals surface area contributed by atoms with Gasteiger partial charge >= 0.3 is 6.09 Å². The molecule has 0 radical (unpaired) electrons. The zero-order chi connectivity index (χ0) is 12.9. The number of amides is 1. The van der Waals surface area contributed by atoms with Gasteiger partial charge in [-0.05, 0) is 24.3 Å². The first-order valence-electron chi connectivity index (χ1n) is 4.58. The summed E-state index contributed by atoms with van der Waals surface area (Å²) in [7, 11) is -3.59. The van der Waals surface area contributed by atoms with Crippen LogP contribution in [-0.2, 0) is 10.0 Å². The molecule has 0 aliphatic rings. The lowest BCUT2D eigenvalue weighted by molar-refractivity contribution is 0.201. The molecule has 6 nitrogen and oxygen atoms in total. The second-order valence-electron chi connectivity index (χ2n) is 3.14. The fraction of sp³-hybridized carbons (Fsp3) is 0.222. The minimum absolute atomic E-state index is 0.106. The Morgan fingerprint density at radius 2 is 1.94 bits per heavy atom. The van der Waals surface area contributed by atoms with E-state index in [4.69, 9.17) is 21.5 Å². The van der Waals surface area contributed by atoms with Crippen LogP contribution in [0.3, 0.4) is 0 Å². The third-order valence-corrected chi connectivity index (χ3v) is 2.71. The first-order valence-corrected chi connectivity index (χ1v) is 6.68. The van der Waals surface area contributed by atoms with Crippen LogP contribution in [0, 0.1) is 0 Å². The number of nitrogens with one attached hydrogen (secondary N) is 1. The van der Waals surface area contributed by atoms with Gasteiger partial charge in [-0.3, -0.25) is 0 Å². The lowest BCUT2D eigenvalue weighted by atomic mass is 10.3. The highest BCUT2D eigenvalue weighted by Gasteiger charge is 2.06. The van der Waals surface area contributed by atoms with E-state index in [2.05, 4.69) is 5.32 Å². The maximum Gasteiger partial charge on any atom is 0.412 e. The van der Waals surface area contributed by atoms with Crippen molar-refractivity contribution in [2.24, 2.45) is 5.14 Å². The van der Waals surface area contributed by atoms with Crippen molar-refractivity contribution in [3.63, 3.8) is 0 Å². The van der Waals surface area contributed by atoms with Crippen LogP contribution in [-0.4, -0.2) is 26.8 Å². The van der Waals surface area contributed by atoms with Crippen molar-refractivity contribution in [2.45, 2.75) is 0 Å². The van der Waals surface area contributed by atoms with Crippen LogP contribution in [0.15, 0.2) is 24.3 Å². The third kappa shape index (κ3) is 6.10. The van der Waals surface area contributed by atoms with Crippen LogP contribution in [0.25, 0.3) is 0 Å². The van der Waals surface area contributed by atoms with Gasteiger partial charge in [-0.15, -0.1) is 0 Å². The Hall–Kier alpha value is -1.31. The predicted molar refractivity (Wildman–Crippen MR) is 63.5 cm³/mol. The standard InChI is InChI=1S/C9H11ClN2O4S/c10-7-1-3-8(4-2-7)16-9(13)12-5-6-17(11,14)15/h1-4H,5-6H2,(H,12,13)(H2,11,14,15). The molecule has 3 N–H and O–H groups in total. The molecule has 0 spiro atoms. The first kappa shape index (κ1) is 13.8. The molecule has 0 fully saturated rings. The van der Waals surface area contributed by atoms with E-state index in [-0.39, 0.29) is 12.3 Å². The molecule has 8 heteroatoms. The number of hydrogen-bond acceptors (Lipinski definition) is 4. The van der Waals surface area contributed by atoms with Gasteiger partial charge in [-0.25, -0.2) is 18.4 Å². The van der Waals surface area contributed by atoms with Crippen LogP contribution in [0.5, 0.6) is 5.75 Å². The third-order valence-electron chi connectivity index (χ3n) is 1.68. The number of halogens is 1. The van der Waals surface area contributed by atoms with E-state index in [1.54, 1.807) is 12.1 Å². The van der Waals surface area contributed by atoms with Crippen molar-refractivity contribution in [3.05, 3.63) is 29.3 Å². The fourth-order valence-electron chi connectivity index (χ4n) is 0.941. The maximum absolute atomic E-state index is 11.2. The fourth-order valence-corrected chi connectivity index (χ4v) is 1.45. The van der Waals surface area contributed by atoms with Crippen molar-refractivity contribution in [1.29, 1.82) is 0 Å². The summed E-state index contributed by atoms with van der Waals surface area (Å²) in [6.45, 7) is -0.106. The number of benzene rings is 1. The summed E-state index contributed by atoms with van der Waals surface area (Å²) in [5, 5.41) is 7.53. The topological polar surface area (TPSA) is 98.5 Å². The summed E-state index contributed by atoms with van der Waals surface area (Å²) in [4.78, 5) is 11.2. The van der Waals surface area contributed by atoms with E-state index in [1.807, 2.05) is 0 Å². The van der Waals surface area contributed by atoms with Gasteiger partial charge in [0.1, 0.15) is 5.75 Å². The van der Waals surface area contributed by atoms with Crippen molar-refractivity contribution < 1.29 is 17.9 Å². The van der Waals surface area contributed by atoms with Crippen molar-refractivity contribution in [3.8, 4) is 5.75 Å². The first-order chi connectivity index (χ1) is 7.87. The second kappa shape index (κ2) is 5.85. The highest BCUT2D eigenvalue weighted by molar-refractivity contribution is 7.89. The Labute approximate surface area is 104 Å². The van der Waals surface area contributed by atoms with Gasteiger partial charge < -0.3 is 10.1 Å². The molecule has 0 bridgehead atoms. The molecule has 0 saturated heterocycles. The second-order valence-corrected chi connectivity index (χ2v) is 5.31. The highest BCUT2D eigenvalue weighted by atomic mass is 35.5. The van der Waals surface area contributed by atoms with Gasteiger partial charge in [-0.2, -0.15) is 0 Å². The van der Waals surface area contributed by atoms with Crippen LogP contribution < -0.4 is 15.2 Å². The Balaban J connectivity index is 2.37. The smallest absolute Gasteiger partial charge is 0.410 e. The lowest BCUT2D eigenvalue weighted by Gasteiger charge is -2.05. The molecule has 0 atom stereocenters. The number of ether oxygens (including phenoxy) is 1. The molecule has 0 aliphatic heterocycles. The van der Waals surface area contributed by atoms with Gasteiger partial charge in [0.2, 0.25) is 10.0 Å². The van der Waals surface area contributed by atoms with Crippen LogP contribution in [0.4, 0.5) is 4.79 Å². The van der Waals surface area contributed by atoms with E-state index < -0.39 is 16.1 Å². The molecule has 0 unspecified atom stereocenters. The van der Waals surface area contributed by atoms with E-state index in [1.165, 1.54) is 12.1 Å². The zero-order valence-corrected chi connectivity index (χ0v) is 10.3. The number of rotatable bonds is 4. The summed E-state index contributed by atoms with van der Waals surface area (Å²) >= 11 is 5.65. The zero-order valence-electron chi connectivity index (χ0n) is 8.72. The van der Waals surface area contributed by atoms with Crippen molar-refractivity contribution in [2.75, 3.05) is 12.3 Å². The number of carbonyl (C=O) groups excluding carboxylic acids is 1. The average molecular weight is 279 g/mol. The molecule has 1 amide bonds. The van der Waals surface area contributed by atoms with Gasteiger partial charge in [-0.1, -0.05) is 11.6 Å². The summed E-state index contributed by atoms with van der Waals surface area (Å²) in [6.07, 6.45) is -0.754. The van der Waals surface area contributed by atoms with E-state index in [9.17, 15) is 13.2 Å². The summed E-state index contributed by atoms with van der Waals surface area (Å²) in [5.74, 6) is -0.0367. The Bertz CT molecular complexity index is 486.